The summed E-state index contributed by atoms with van der Waals surface area (Å²) in [5.74, 6) is -0.176. The number of aromatic nitrogens is 1. The summed E-state index contributed by atoms with van der Waals surface area (Å²) in [4.78, 5) is 15.3. The summed E-state index contributed by atoms with van der Waals surface area (Å²) in [6.07, 6.45) is 2.02. The van der Waals surface area contributed by atoms with Crippen LogP contribution in [0.5, 0.6) is 0 Å². The Labute approximate surface area is 142 Å². The van der Waals surface area contributed by atoms with Crippen molar-refractivity contribution in [2.24, 2.45) is 0 Å². The van der Waals surface area contributed by atoms with Gasteiger partial charge in [0.25, 0.3) is 0 Å². The molecule has 22 heavy (non-hydrogen) atoms. The second-order valence-electron chi connectivity index (χ2n) is 4.85. The molecule has 3 rings (SSSR count). The maximum absolute atomic E-state index is 12.2. The SMILES string of the molecule is O=C(Cc1c[nH]c2ccc(Cl)cc12)Nc1cc(Cl)ccc1Cl. The van der Waals surface area contributed by atoms with Gasteiger partial charge in [-0.3, -0.25) is 4.79 Å². The molecule has 0 aliphatic rings. The number of H-pyrrole nitrogens is 1. The minimum absolute atomic E-state index is 0.176. The zero-order chi connectivity index (χ0) is 15.7. The highest BCUT2D eigenvalue weighted by Gasteiger charge is 2.11. The Kier molecular flexibility index (Phi) is 4.30. The summed E-state index contributed by atoms with van der Waals surface area (Å²) in [5.41, 5.74) is 2.30. The van der Waals surface area contributed by atoms with Gasteiger partial charge in [-0.2, -0.15) is 0 Å². The number of hydrogen-bond donors (Lipinski definition) is 2. The number of fused-ring (bicyclic) bond motifs is 1. The van der Waals surface area contributed by atoms with E-state index >= 15 is 0 Å². The quantitative estimate of drug-likeness (QED) is 0.658. The Bertz CT molecular complexity index is 858. The third-order valence-corrected chi connectivity index (χ3v) is 4.08. The van der Waals surface area contributed by atoms with Gasteiger partial charge in [0.2, 0.25) is 5.91 Å². The van der Waals surface area contributed by atoms with E-state index < -0.39 is 0 Å². The Morgan fingerprint density at radius 2 is 1.77 bits per heavy atom. The number of benzene rings is 2. The fourth-order valence-corrected chi connectivity index (χ4v) is 2.77. The smallest absolute Gasteiger partial charge is 0.228 e. The molecule has 0 atom stereocenters. The monoisotopic (exact) mass is 352 g/mol. The van der Waals surface area contributed by atoms with Gasteiger partial charge in [0.1, 0.15) is 0 Å². The highest BCUT2D eigenvalue weighted by Crippen LogP contribution is 2.26. The highest BCUT2D eigenvalue weighted by atomic mass is 35.5. The second-order valence-corrected chi connectivity index (χ2v) is 6.13. The summed E-state index contributed by atoms with van der Waals surface area (Å²) in [7, 11) is 0. The molecule has 0 radical (unpaired) electrons. The van der Waals surface area contributed by atoms with Crippen molar-refractivity contribution in [3.05, 3.63) is 63.2 Å². The third-order valence-electron chi connectivity index (χ3n) is 3.28. The van der Waals surface area contributed by atoms with Crippen LogP contribution in [0, 0.1) is 0 Å². The van der Waals surface area contributed by atoms with E-state index in [1.165, 1.54) is 0 Å². The lowest BCUT2D eigenvalue weighted by Crippen LogP contribution is -2.14. The average Bonchev–Trinajstić information content (AvgIpc) is 2.85. The van der Waals surface area contributed by atoms with E-state index in [1.807, 2.05) is 12.1 Å². The number of aromatic amines is 1. The van der Waals surface area contributed by atoms with Crippen LogP contribution < -0.4 is 5.32 Å². The van der Waals surface area contributed by atoms with Gasteiger partial charge in [-0.1, -0.05) is 34.8 Å². The molecule has 1 aromatic heterocycles. The Hall–Kier alpha value is -1.68. The molecule has 0 saturated heterocycles. The standard InChI is InChI=1S/C16H11Cl3N2O/c17-10-2-4-14-12(6-10)9(8-20-14)5-16(22)21-15-7-11(18)1-3-13(15)19/h1-4,6-8,20H,5H2,(H,21,22). The minimum atomic E-state index is -0.176. The average molecular weight is 354 g/mol. The van der Waals surface area contributed by atoms with Crippen molar-refractivity contribution in [2.45, 2.75) is 6.42 Å². The van der Waals surface area contributed by atoms with Gasteiger partial charge in [-0.25, -0.2) is 0 Å². The summed E-state index contributed by atoms with van der Waals surface area (Å²) >= 11 is 18.0. The zero-order valence-corrected chi connectivity index (χ0v) is 13.6. The molecule has 112 valence electrons. The van der Waals surface area contributed by atoms with E-state index in [0.717, 1.165) is 16.5 Å². The van der Waals surface area contributed by atoms with Crippen molar-refractivity contribution in [3.63, 3.8) is 0 Å². The Morgan fingerprint density at radius 1 is 1.05 bits per heavy atom. The lowest BCUT2D eigenvalue weighted by atomic mass is 10.1. The van der Waals surface area contributed by atoms with Crippen LogP contribution in [0.4, 0.5) is 5.69 Å². The molecule has 2 aromatic carbocycles. The maximum atomic E-state index is 12.2. The number of carbonyl (C=O) groups is 1. The molecule has 0 aliphatic carbocycles. The van der Waals surface area contributed by atoms with Crippen LogP contribution in [-0.4, -0.2) is 10.9 Å². The maximum Gasteiger partial charge on any atom is 0.228 e. The number of carbonyl (C=O) groups excluding carboxylic acids is 1. The van der Waals surface area contributed by atoms with E-state index in [2.05, 4.69) is 10.3 Å². The van der Waals surface area contributed by atoms with Gasteiger partial charge in [0.05, 0.1) is 17.1 Å². The fourth-order valence-electron chi connectivity index (χ4n) is 2.26. The van der Waals surface area contributed by atoms with Crippen molar-refractivity contribution in [3.8, 4) is 0 Å². The number of nitrogens with one attached hydrogen (secondary N) is 2. The van der Waals surface area contributed by atoms with Gasteiger partial charge >= 0.3 is 0 Å². The molecule has 0 fully saturated rings. The fraction of sp³-hybridized carbons (Fsp3) is 0.0625. The lowest BCUT2D eigenvalue weighted by Gasteiger charge is -2.07. The Morgan fingerprint density at radius 3 is 2.59 bits per heavy atom. The van der Waals surface area contributed by atoms with Gasteiger partial charge in [-0.05, 0) is 42.0 Å². The summed E-state index contributed by atoms with van der Waals surface area (Å²) < 4.78 is 0. The lowest BCUT2D eigenvalue weighted by molar-refractivity contribution is -0.115. The number of hydrogen-bond acceptors (Lipinski definition) is 1. The van der Waals surface area contributed by atoms with Crippen molar-refractivity contribution in [1.29, 1.82) is 0 Å². The van der Waals surface area contributed by atoms with E-state index in [4.69, 9.17) is 34.8 Å². The van der Waals surface area contributed by atoms with Crippen molar-refractivity contribution >= 4 is 57.3 Å². The molecular weight excluding hydrogens is 343 g/mol. The topological polar surface area (TPSA) is 44.9 Å². The molecule has 1 amide bonds. The first-order valence-electron chi connectivity index (χ1n) is 6.53. The number of anilines is 1. The number of rotatable bonds is 3. The van der Waals surface area contributed by atoms with Gasteiger partial charge in [-0.15, -0.1) is 0 Å². The van der Waals surface area contributed by atoms with Crippen molar-refractivity contribution in [2.75, 3.05) is 5.32 Å². The van der Waals surface area contributed by atoms with E-state index in [0.29, 0.717) is 20.8 Å². The van der Waals surface area contributed by atoms with Crippen LogP contribution in [0.1, 0.15) is 5.56 Å². The molecule has 2 N–H and O–H groups in total. The summed E-state index contributed by atoms with van der Waals surface area (Å²) in [6, 6.07) is 10.4. The summed E-state index contributed by atoms with van der Waals surface area (Å²) in [5, 5.41) is 5.28. The zero-order valence-electron chi connectivity index (χ0n) is 11.3. The van der Waals surface area contributed by atoms with Crippen LogP contribution >= 0.6 is 34.8 Å². The highest BCUT2D eigenvalue weighted by molar-refractivity contribution is 6.35. The first-order valence-corrected chi connectivity index (χ1v) is 7.67. The molecular formula is C16H11Cl3N2O. The van der Waals surface area contributed by atoms with Crippen LogP contribution in [0.15, 0.2) is 42.6 Å². The van der Waals surface area contributed by atoms with Crippen LogP contribution in [0.2, 0.25) is 15.1 Å². The molecule has 3 aromatic rings. The van der Waals surface area contributed by atoms with Gasteiger partial charge in [0.15, 0.2) is 0 Å². The van der Waals surface area contributed by atoms with Gasteiger partial charge < -0.3 is 10.3 Å². The van der Waals surface area contributed by atoms with Crippen molar-refractivity contribution < 1.29 is 4.79 Å². The third kappa shape index (κ3) is 3.22. The molecule has 0 aliphatic heterocycles. The van der Waals surface area contributed by atoms with Crippen LogP contribution in [0.3, 0.4) is 0 Å². The number of amides is 1. The van der Waals surface area contributed by atoms with Gasteiger partial charge in [0, 0.05) is 27.1 Å². The summed E-state index contributed by atoms with van der Waals surface area (Å²) in [6.45, 7) is 0. The molecule has 0 saturated carbocycles. The van der Waals surface area contributed by atoms with E-state index in [-0.39, 0.29) is 12.3 Å². The first-order chi connectivity index (χ1) is 10.5. The van der Waals surface area contributed by atoms with Crippen LogP contribution in [-0.2, 0) is 11.2 Å². The predicted molar refractivity (Wildman–Crippen MR) is 92.1 cm³/mol. The molecule has 0 bridgehead atoms. The first kappa shape index (κ1) is 15.2. The minimum Gasteiger partial charge on any atom is -0.361 e. The number of halogens is 3. The van der Waals surface area contributed by atoms with E-state index in [9.17, 15) is 4.79 Å². The predicted octanol–water partition coefficient (Wildman–Crippen LogP) is 5.31. The van der Waals surface area contributed by atoms with Crippen LogP contribution in [0.25, 0.3) is 10.9 Å². The molecule has 0 unspecified atom stereocenters. The molecule has 3 nitrogen and oxygen atoms in total. The molecule has 0 spiro atoms. The Balaban J connectivity index is 1.81. The molecule has 6 heteroatoms. The van der Waals surface area contributed by atoms with Crippen molar-refractivity contribution in [1.82, 2.24) is 4.98 Å². The largest absolute Gasteiger partial charge is 0.361 e. The molecule has 1 heterocycles. The normalized spacial score (nSPS) is 10.9. The van der Waals surface area contributed by atoms with E-state index in [1.54, 1.807) is 30.5 Å². The second kappa shape index (κ2) is 6.21.